The Morgan fingerprint density at radius 1 is 1.07 bits per heavy atom. The molecule has 14 heavy (non-hydrogen) atoms. The molecule has 0 N–H and O–H groups in total. The zero-order valence-corrected chi connectivity index (χ0v) is 10.9. The molecule has 1 fully saturated rings. The van der Waals surface area contributed by atoms with Crippen LogP contribution in [0.5, 0.6) is 0 Å². The molecule has 1 aliphatic rings. The van der Waals surface area contributed by atoms with Crippen LogP contribution in [0.1, 0.15) is 0 Å². The van der Waals surface area contributed by atoms with Crippen molar-refractivity contribution in [2.45, 2.75) is 19.6 Å². The van der Waals surface area contributed by atoms with Gasteiger partial charge in [0.15, 0.2) is 0 Å². The van der Waals surface area contributed by atoms with Crippen LogP contribution in [-0.4, -0.2) is 57.6 Å². The molecule has 0 unspecified atom stereocenters. The van der Waals surface area contributed by atoms with Gasteiger partial charge in [0.2, 0.25) is 0 Å². The lowest BCUT2D eigenvalue weighted by atomic mass is 10.3. The van der Waals surface area contributed by atoms with Crippen molar-refractivity contribution in [3.05, 3.63) is 0 Å². The van der Waals surface area contributed by atoms with Crippen molar-refractivity contribution in [3.63, 3.8) is 0 Å². The summed E-state index contributed by atoms with van der Waals surface area (Å²) in [5.74, 6) is 3.33. The van der Waals surface area contributed by atoms with E-state index >= 15 is 0 Å². The van der Waals surface area contributed by atoms with Gasteiger partial charge in [-0.05, 0) is 7.05 Å². The maximum Gasteiger partial charge on any atom is 0.129 e. The summed E-state index contributed by atoms with van der Waals surface area (Å²) in [6.45, 7) is 12.6. The summed E-state index contributed by atoms with van der Waals surface area (Å²) in [4.78, 5) is 4.83. The van der Waals surface area contributed by atoms with Crippen molar-refractivity contribution in [2.75, 3.05) is 39.8 Å². The van der Waals surface area contributed by atoms with E-state index in [-0.39, 0.29) is 0 Å². The molecule has 80 valence electrons. The van der Waals surface area contributed by atoms with Crippen molar-refractivity contribution in [2.24, 2.45) is 0 Å². The fourth-order valence-corrected chi connectivity index (χ4v) is 2.03. The van der Waals surface area contributed by atoms with E-state index in [1.54, 1.807) is 0 Å². The predicted molar refractivity (Wildman–Crippen MR) is 65.1 cm³/mol. The fraction of sp³-hybridized carbons (Fsp3) is 0.818. The minimum absolute atomic E-state index is 0.970. The summed E-state index contributed by atoms with van der Waals surface area (Å²) in [6, 6.07) is 0. The lowest BCUT2D eigenvalue weighted by Gasteiger charge is -2.30. The first kappa shape index (κ1) is 11.8. The van der Waals surface area contributed by atoms with Crippen molar-refractivity contribution in [1.82, 2.24) is 9.80 Å². The topological polar surface area (TPSA) is 6.48 Å². The molecule has 2 nitrogen and oxygen atoms in total. The van der Waals surface area contributed by atoms with Gasteiger partial charge in [0.1, 0.15) is 8.07 Å². The summed E-state index contributed by atoms with van der Waals surface area (Å²) in [6.07, 6.45) is 0. The molecule has 1 saturated heterocycles. The Balaban J connectivity index is 2.28. The van der Waals surface area contributed by atoms with Gasteiger partial charge >= 0.3 is 0 Å². The van der Waals surface area contributed by atoms with E-state index in [0.29, 0.717) is 0 Å². The van der Waals surface area contributed by atoms with Crippen LogP contribution in [0.3, 0.4) is 0 Å². The molecule has 0 aromatic rings. The molecular weight excluding hydrogens is 188 g/mol. The monoisotopic (exact) mass is 210 g/mol. The van der Waals surface area contributed by atoms with Gasteiger partial charge in [-0.15, -0.1) is 5.54 Å². The first-order valence-corrected chi connectivity index (χ1v) is 8.88. The molecule has 0 aliphatic carbocycles. The zero-order valence-electron chi connectivity index (χ0n) is 9.93. The van der Waals surface area contributed by atoms with Crippen LogP contribution >= 0.6 is 0 Å². The first-order valence-electron chi connectivity index (χ1n) is 5.38. The molecule has 0 saturated carbocycles. The average molecular weight is 210 g/mol. The lowest BCUT2D eigenvalue weighted by Crippen LogP contribution is -2.44. The van der Waals surface area contributed by atoms with E-state index in [1.165, 1.54) is 26.2 Å². The molecule has 0 radical (unpaired) electrons. The molecule has 0 amide bonds. The molecule has 3 heteroatoms. The normalized spacial score (nSPS) is 20.3. The number of hydrogen-bond donors (Lipinski definition) is 0. The van der Waals surface area contributed by atoms with Crippen molar-refractivity contribution in [1.29, 1.82) is 0 Å². The number of nitrogens with zero attached hydrogens (tertiary/aromatic N) is 2. The second kappa shape index (κ2) is 4.97. The SMILES string of the molecule is CN1CCN(CC#C[Si](C)(C)C)CC1. The highest BCUT2D eigenvalue weighted by atomic mass is 28.3. The lowest BCUT2D eigenvalue weighted by molar-refractivity contribution is 0.168. The van der Waals surface area contributed by atoms with Crippen molar-refractivity contribution in [3.8, 4) is 11.5 Å². The number of rotatable bonds is 1. The highest BCUT2D eigenvalue weighted by Crippen LogP contribution is 1.99. The van der Waals surface area contributed by atoms with Crippen LogP contribution in [-0.2, 0) is 0 Å². The van der Waals surface area contributed by atoms with Gasteiger partial charge in [-0.1, -0.05) is 25.6 Å². The zero-order chi connectivity index (χ0) is 10.6. The highest BCUT2D eigenvalue weighted by molar-refractivity contribution is 6.83. The summed E-state index contributed by atoms with van der Waals surface area (Å²) in [5.41, 5.74) is 3.41. The Morgan fingerprint density at radius 3 is 2.14 bits per heavy atom. The molecule has 1 aliphatic heterocycles. The predicted octanol–water partition coefficient (Wildman–Crippen LogP) is 1.11. The number of hydrogen-bond acceptors (Lipinski definition) is 2. The maximum absolute atomic E-state index is 3.41. The summed E-state index contributed by atoms with van der Waals surface area (Å²) in [7, 11) is 1.03. The van der Waals surface area contributed by atoms with Gasteiger partial charge in [0, 0.05) is 26.2 Å². The van der Waals surface area contributed by atoms with Crippen LogP contribution in [0.4, 0.5) is 0 Å². The van der Waals surface area contributed by atoms with E-state index in [4.69, 9.17) is 0 Å². The van der Waals surface area contributed by atoms with E-state index in [0.717, 1.165) is 6.54 Å². The standard InChI is InChI=1S/C11H22N2Si/c1-12-7-9-13(10-8-12)6-5-11-14(2,3)4/h6-10H2,1-4H3. The first-order chi connectivity index (χ1) is 6.47. The van der Waals surface area contributed by atoms with Gasteiger partial charge < -0.3 is 4.90 Å². The Morgan fingerprint density at radius 2 is 1.64 bits per heavy atom. The Hall–Kier alpha value is -0.303. The third-order valence-electron chi connectivity index (χ3n) is 2.36. The van der Waals surface area contributed by atoms with E-state index in [2.05, 4.69) is 48.0 Å². The van der Waals surface area contributed by atoms with E-state index < -0.39 is 8.07 Å². The fourth-order valence-electron chi connectivity index (χ4n) is 1.42. The van der Waals surface area contributed by atoms with Gasteiger partial charge in [0.05, 0.1) is 6.54 Å². The van der Waals surface area contributed by atoms with Crippen molar-refractivity contribution >= 4 is 8.07 Å². The second-order valence-corrected chi connectivity index (χ2v) is 9.88. The van der Waals surface area contributed by atoms with Gasteiger partial charge in [0.25, 0.3) is 0 Å². The van der Waals surface area contributed by atoms with Crippen molar-refractivity contribution < 1.29 is 0 Å². The minimum atomic E-state index is -1.15. The Bertz CT molecular complexity index is 226. The van der Waals surface area contributed by atoms with Crippen LogP contribution in [0.25, 0.3) is 0 Å². The number of piperazine rings is 1. The third-order valence-corrected chi connectivity index (χ3v) is 3.29. The second-order valence-electron chi connectivity index (χ2n) is 5.13. The highest BCUT2D eigenvalue weighted by Gasteiger charge is 2.12. The van der Waals surface area contributed by atoms with Crippen LogP contribution < -0.4 is 0 Å². The van der Waals surface area contributed by atoms with Crippen LogP contribution in [0.15, 0.2) is 0 Å². The van der Waals surface area contributed by atoms with Gasteiger partial charge in [-0.2, -0.15) is 0 Å². The summed E-state index contributed by atoms with van der Waals surface area (Å²) in [5, 5.41) is 0. The minimum Gasteiger partial charge on any atom is -0.304 e. The Labute approximate surface area is 89.3 Å². The van der Waals surface area contributed by atoms with Crippen LogP contribution in [0.2, 0.25) is 19.6 Å². The van der Waals surface area contributed by atoms with Gasteiger partial charge in [-0.3, -0.25) is 4.90 Å². The summed E-state index contributed by atoms with van der Waals surface area (Å²) < 4.78 is 0. The average Bonchev–Trinajstić information content (AvgIpc) is 2.06. The molecule has 0 aromatic heterocycles. The number of likely N-dealkylation sites (N-methyl/N-ethyl adjacent to an activating group) is 1. The molecule has 1 rings (SSSR count). The molecular formula is C11H22N2Si. The molecule has 1 heterocycles. The van der Waals surface area contributed by atoms with E-state index in [1.807, 2.05) is 0 Å². The largest absolute Gasteiger partial charge is 0.304 e. The van der Waals surface area contributed by atoms with Crippen LogP contribution in [0, 0.1) is 11.5 Å². The van der Waals surface area contributed by atoms with E-state index in [9.17, 15) is 0 Å². The summed E-state index contributed by atoms with van der Waals surface area (Å²) >= 11 is 0. The third kappa shape index (κ3) is 4.80. The van der Waals surface area contributed by atoms with Gasteiger partial charge in [-0.25, -0.2) is 0 Å². The molecule has 0 atom stereocenters. The smallest absolute Gasteiger partial charge is 0.129 e. The molecule has 0 bridgehead atoms. The maximum atomic E-state index is 3.41. The quantitative estimate of drug-likeness (QED) is 0.473. The Kier molecular flexibility index (Phi) is 4.18. The molecule has 0 aromatic carbocycles. The molecule has 0 spiro atoms.